The summed E-state index contributed by atoms with van der Waals surface area (Å²) in [5.74, 6) is -49.6. The molecule has 0 N–H and O–H groups in total. The number of hydrogen-bond acceptors (Lipinski definition) is 2. The first-order valence-electron chi connectivity index (χ1n) is 12.9. The van der Waals surface area contributed by atoms with Crippen molar-refractivity contribution in [3.63, 3.8) is 0 Å². The van der Waals surface area contributed by atoms with E-state index in [0.29, 0.717) is 32.1 Å². The summed E-state index contributed by atoms with van der Waals surface area (Å²) in [4.78, 5) is 11.4. The van der Waals surface area contributed by atoms with Crippen molar-refractivity contribution < 1.29 is 75.4 Å². The summed E-state index contributed by atoms with van der Waals surface area (Å²) < 4.78 is 203. The number of carbonyl (C=O) groups is 1. The lowest BCUT2D eigenvalue weighted by molar-refractivity contribution is -0.461. The predicted molar refractivity (Wildman–Crippen MR) is 126 cm³/mol. The summed E-state index contributed by atoms with van der Waals surface area (Å²) in [7, 11) is 0. The van der Waals surface area contributed by atoms with E-state index in [4.69, 9.17) is 0 Å². The van der Waals surface area contributed by atoms with E-state index in [-0.39, 0.29) is 12.8 Å². The first-order chi connectivity index (χ1) is 19.5. The van der Waals surface area contributed by atoms with Gasteiger partial charge in [-0.05, 0) is 38.5 Å². The van der Waals surface area contributed by atoms with E-state index < -0.39 is 60.7 Å². The zero-order valence-electron chi connectivity index (χ0n) is 22.7. The average Bonchev–Trinajstić information content (AvgIpc) is 2.89. The van der Waals surface area contributed by atoms with E-state index in [2.05, 4.69) is 4.74 Å². The molecule has 0 spiro atoms. The Morgan fingerprint density at radius 2 is 0.977 bits per heavy atom. The Labute approximate surface area is 238 Å². The van der Waals surface area contributed by atoms with Crippen LogP contribution in [0.4, 0.5) is 65.9 Å². The van der Waals surface area contributed by atoms with Gasteiger partial charge in [-0.1, -0.05) is 62.6 Å². The first-order valence-corrected chi connectivity index (χ1v) is 12.9. The molecule has 0 aliphatic rings. The van der Waals surface area contributed by atoms with Gasteiger partial charge in [-0.3, -0.25) is 4.79 Å². The molecule has 43 heavy (non-hydrogen) atoms. The molecule has 0 saturated heterocycles. The molecule has 0 fully saturated rings. The van der Waals surface area contributed by atoms with Gasteiger partial charge in [0.2, 0.25) is 0 Å². The van der Waals surface area contributed by atoms with Crippen LogP contribution in [-0.4, -0.2) is 54.3 Å². The lowest BCUT2D eigenvalue weighted by Gasteiger charge is -2.41. The highest BCUT2D eigenvalue weighted by Crippen LogP contribution is 2.62. The van der Waals surface area contributed by atoms with Crippen LogP contribution in [0.3, 0.4) is 0 Å². The second-order valence-electron chi connectivity index (χ2n) is 9.30. The third-order valence-corrected chi connectivity index (χ3v) is 5.84. The quantitative estimate of drug-likeness (QED) is 0.0530. The summed E-state index contributed by atoms with van der Waals surface area (Å²) >= 11 is 0. The molecule has 0 aromatic heterocycles. The van der Waals surface area contributed by atoms with Crippen LogP contribution < -0.4 is 0 Å². The number of halogens is 15. The number of hydrogen-bond donors (Lipinski definition) is 0. The lowest BCUT2D eigenvalue weighted by atomic mass is 9.91. The fourth-order valence-corrected chi connectivity index (χ4v) is 3.23. The van der Waals surface area contributed by atoms with Gasteiger partial charge in [0.25, 0.3) is 0 Å². The van der Waals surface area contributed by atoms with Crippen molar-refractivity contribution in [3.8, 4) is 0 Å². The fourth-order valence-electron chi connectivity index (χ4n) is 3.23. The number of rotatable bonds is 21. The average molecular weight is 661 g/mol. The van der Waals surface area contributed by atoms with E-state index in [1.54, 1.807) is 0 Å². The molecule has 0 aliphatic heterocycles. The number of carbonyl (C=O) groups excluding carboxylic acids is 1. The van der Waals surface area contributed by atoms with Crippen LogP contribution in [0.15, 0.2) is 36.5 Å². The summed E-state index contributed by atoms with van der Waals surface area (Å²) in [5, 5.41) is 0. The maximum atomic E-state index is 13.7. The Balaban J connectivity index is 4.99. The van der Waals surface area contributed by atoms with Gasteiger partial charge in [-0.15, -0.1) is 0 Å². The molecule has 0 aromatic rings. The highest BCUT2D eigenvalue weighted by Gasteiger charge is 2.93. The van der Waals surface area contributed by atoms with E-state index in [1.807, 2.05) is 43.4 Å². The standard InChI is InChI=1S/C26H31F15O2/c1-2-3-4-5-6-7-8-9-10-11-12-13-14-15-16-17-19(42)43-26(40,41)25(38,39)24(36,37)23(34,35)22(32,33)21(30,31)20(28,29)18-27/h3-4,6-7,9-10H,2,5,8,11-18H2,1H3. The lowest BCUT2D eigenvalue weighted by Crippen LogP contribution is -2.73. The maximum Gasteiger partial charge on any atom is 0.473 e. The van der Waals surface area contributed by atoms with E-state index in [0.717, 1.165) is 12.8 Å². The van der Waals surface area contributed by atoms with Crippen LogP contribution in [0.1, 0.15) is 71.1 Å². The van der Waals surface area contributed by atoms with Crippen molar-refractivity contribution in [3.05, 3.63) is 36.5 Å². The SMILES string of the molecule is CCC=CCC=CCC=CCCCCCCCC(=O)OC(F)(F)C(F)(F)C(F)(F)C(F)(F)C(F)(F)C(F)(F)C(F)(F)CF. The molecular formula is C26H31F15O2. The number of alkyl halides is 15. The Kier molecular flexibility index (Phi) is 15.2. The van der Waals surface area contributed by atoms with Crippen molar-refractivity contribution in [1.29, 1.82) is 0 Å². The minimum Gasteiger partial charge on any atom is -0.396 e. The van der Waals surface area contributed by atoms with Crippen LogP contribution in [0.5, 0.6) is 0 Å². The van der Waals surface area contributed by atoms with Crippen molar-refractivity contribution in [2.45, 2.75) is 113 Å². The molecule has 0 heterocycles. The normalized spacial score (nSPS) is 14.9. The maximum absolute atomic E-state index is 13.7. The Morgan fingerprint density at radius 3 is 1.49 bits per heavy atom. The van der Waals surface area contributed by atoms with Gasteiger partial charge in [0.05, 0.1) is 0 Å². The summed E-state index contributed by atoms with van der Waals surface area (Å²) in [6, 6.07) is 0. The number of ether oxygens (including phenoxy) is 1. The van der Waals surface area contributed by atoms with Gasteiger partial charge in [-0.2, -0.15) is 61.5 Å². The second-order valence-corrected chi connectivity index (χ2v) is 9.30. The summed E-state index contributed by atoms with van der Waals surface area (Å²) in [5.41, 5.74) is 0. The topological polar surface area (TPSA) is 26.3 Å². The van der Waals surface area contributed by atoms with Crippen LogP contribution in [0.2, 0.25) is 0 Å². The van der Waals surface area contributed by atoms with Crippen molar-refractivity contribution >= 4 is 5.97 Å². The van der Waals surface area contributed by atoms with Gasteiger partial charge in [0.15, 0.2) is 6.67 Å². The van der Waals surface area contributed by atoms with Crippen molar-refractivity contribution in [2.24, 2.45) is 0 Å². The monoisotopic (exact) mass is 660 g/mol. The minimum absolute atomic E-state index is 0.104. The smallest absolute Gasteiger partial charge is 0.396 e. The molecule has 0 amide bonds. The molecule has 0 rings (SSSR count). The summed E-state index contributed by atoms with van der Waals surface area (Å²) in [6.45, 7) is -1.83. The summed E-state index contributed by atoms with van der Waals surface area (Å²) in [6.07, 6.45) is 8.15. The predicted octanol–water partition coefficient (Wildman–Crippen LogP) is 10.5. The van der Waals surface area contributed by atoms with E-state index >= 15 is 0 Å². The first kappa shape index (κ1) is 40.6. The molecular weight excluding hydrogens is 629 g/mol. The van der Waals surface area contributed by atoms with E-state index in [1.165, 1.54) is 0 Å². The molecule has 2 nitrogen and oxygen atoms in total. The van der Waals surface area contributed by atoms with Gasteiger partial charge in [0.1, 0.15) is 0 Å². The molecule has 0 atom stereocenters. The van der Waals surface area contributed by atoms with Crippen LogP contribution in [-0.2, 0) is 9.53 Å². The zero-order chi connectivity index (χ0) is 33.8. The Bertz CT molecular complexity index is 941. The molecule has 0 aliphatic carbocycles. The second kappa shape index (κ2) is 16.1. The highest BCUT2D eigenvalue weighted by molar-refractivity contribution is 5.69. The third-order valence-electron chi connectivity index (χ3n) is 5.84. The van der Waals surface area contributed by atoms with Crippen LogP contribution >= 0.6 is 0 Å². The molecule has 0 bridgehead atoms. The van der Waals surface area contributed by atoms with Gasteiger partial charge < -0.3 is 4.74 Å². The third kappa shape index (κ3) is 9.56. The molecule has 0 aromatic carbocycles. The van der Waals surface area contributed by atoms with Crippen LogP contribution in [0, 0.1) is 0 Å². The van der Waals surface area contributed by atoms with Gasteiger partial charge in [0, 0.05) is 6.42 Å². The number of allylic oxidation sites excluding steroid dienone is 6. The minimum atomic E-state index is -8.35. The van der Waals surface area contributed by atoms with E-state index in [9.17, 15) is 70.7 Å². The van der Waals surface area contributed by atoms with Gasteiger partial charge in [-0.25, -0.2) is 4.39 Å². The van der Waals surface area contributed by atoms with Crippen molar-refractivity contribution in [2.75, 3.05) is 6.67 Å². The number of unbranched alkanes of at least 4 members (excludes halogenated alkanes) is 5. The molecule has 0 unspecified atom stereocenters. The van der Waals surface area contributed by atoms with Crippen molar-refractivity contribution in [1.82, 2.24) is 0 Å². The van der Waals surface area contributed by atoms with Gasteiger partial charge >= 0.3 is 47.6 Å². The molecule has 252 valence electrons. The zero-order valence-corrected chi connectivity index (χ0v) is 22.7. The largest absolute Gasteiger partial charge is 0.473 e. The van der Waals surface area contributed by atoms with Crippen LogP contribution in [0.25, 0.3) is 0 Å². The number of esters is 1. The Morgan fingerprint density at radius 1 is 0.558 bits per heavy atom. The fraction of sp³-hybridized carbons (Fsp3) is 0.731. The molecule has 0 saturated carbocycles. The molecule has 17 heteroatoms. The Hall–Kier alpha value is -2.36. The highest BCUT2D eigenvalue weighted by atomic mass is 19.4. The molecule has 0 radical (unpaired) electrons.